The molecule has 2 aliphatic rings. The molecule has 162 valence electrons. The van der Waals surface area contributed by atoms with Crippen molar-refractivity contribution in [3.63, 3.8) is 0 Å². The van der Waals surface area contributed by atoms with Crippen LogP contribution in [0.25, 0.3) is 0 Å². The van der Waals surface area contributed by atoms with Crippen molar-refractivity contribution in [2.45, 2.75) is 32.6 Å². The number of piperazine rings is 1. The molecule has 29 heavy (non-hydrogen) atoms. The van der Waals surface area contributed by atoms with Gasteiger partial charge in [-0.3, -0.25) is 4.79 Å². The van der Waals surface area contributed by atoms with E-state index in [0.29, 0.717) is 45.4 Å². The second-order valence-corrected chi connectivity index (χ2v) is 9.94. The first kappa shape index (κ1) is 21.9. The Balaban J connectivity index is 1.47. The van der Waals surface area contributed by atoms with E-state index in [1.807, 2.05) is 36.1 Å². The number of hydrogen-bond donors (Lipinski definition) is 0. The second kappa shape index (κ2) is 9.80. The molecule has 2 aliphatic heterocycles. The summed E-state index contributed by atoms with van der Waals surface area (Å²) in [5, 5.41) is 0. The zero-order valence-electron chi connectivity index (χ0n) is 17.5. The molecule has 0 atom stereocenters. The summed E-state index contributed by atoms with van der Waals surface area (Å²) in [6.45, 7) is 5.96. The molecule has 0 radical (unpaired) electrons. The van der Waals surface area contributed by atoms with E-state index in [-0.39, 0.29) is 17.6 Å². The first-order chi connectivity index (χ1) is 13.9. The summed E-state index contributed by atoms with van der Waals surface area (Å²) in [4.78, 5) is 17.2. The molecule has 8 heteroatoms. The molecule has 1 aromatic rings. The number of anilines is 1. The average molecular weight is 424 g/mol. The Hall–Kier alpha value is -1.80. The van der Waals surface area contributed by atoms with Crippen LogP contribution in [-0.4, -0.2) is 75.7 Å². The molecule has 0 unspecified atom stereocenters. The van der Waals surface area contributed by atoms with Crippen LogP contribution in [0.3, 0.4) is 0 Å². The Kier molecular flexibility index (Phi) is 7.40. The van der Waals surface area contributed by atoms with Gasteiger partial charge in [-0.05, 0) is 43.5 Å². The number of hydrogen-bond acceptors (Lipinski definition) is 5. The Labute approximate surface area is 174 Å². The lowest BCUT2D eigenvalue weighted by molar-refractivity contribution is -0.137. The molecule has 2 saturated heterocycles. The molecule has 7 nitrogen and oxygen atoms in total. The SMILES string of the molecule is CCCCS(=O)(=O)N1CCC(C(=O)N2CCN(c3ccc(OC)cc3)CC2)CC1. The number of nitrogens with zero attached hydrogens (tertiary/aromatic N) is 3. The van der Waals surface area contributed by atoms with Crippen LogP contribution in [0.15, 0.2) is 24.3 Å². The molecule has 2 fully saturated rings. The lowest BCUT2D eigenvalue weighted by atomic mass is 9.96. The molecule has 0 N–H and O–H groups in total. The van der Waals surface area contributed by atoms with Gasteiger partial charge in [-0.15, -0.1) is 0 Å². The lowest BCUT2D eigenvalue weighted by Gasteiger charge is -2.39. The number of benzene rings is 1. The number of sulfonamides is 1. The van der Waals surface area contributed by atoms with Crippen LogP contribution in [0.2, 0.25) is 0 Å². The zero-order valence-corrected chi connectivity index (χ0v) is 18.4. The largest absolute Gasteiger partial charge is 0.497 e. The van der Waals surface area contributed by atoms with Gasteiger partial charge in [0.05, 0.1) is 12.9 Å². The third-order valence-corrected chi connectivity index (χ3v) is 7.94. The molecular formula is C21H33N3O4S. The van der Waals surface area contributed by atoms with Gasteiger partial charge in [-0.2, -0.15) is 0 Å². The van der Waals surface area contributed by atoms with Crippen molar-refractivity contribution in [3.8, 4) is 5.75 Å². The molecule has 0 spiro atoms. The Morgan fingerprint density at radius 3 is 2.21 bits per heavy atom. The van der Waals surface area contributed by atoms with Gasteiger partial charge in [0.1, 0.15) is 5.75 Å². The fraction of sp³-hybridized carbons (Fsp3) is 0.667. The Morgan fingerprint density at radius 2 is 1.66 bits per heavy atom. The smallest absolute Gasteiger partial charge is 0.225 e. The van der Waals surface area contributed by atoms with E-state index in [1.165, 1.54) is 0 Å². The second-order valence-electron chi connectivity index (χ2n) is 7.85. The number of carbonyl (C=O) groups excluding carboxylic acids is 1. The van der Waals surface area contributed by atoms with Gasteiger partial charge in [-0.1, -0.05) is 13.3 Å². The molecule has 0 aliphatic carbocycles. The Morgan fingerprint density at radius 1 is 1.03 bits per heavy atom. The van der Waals surface area contributed by atoms with E-state index in [2.05, 4.69) is 4.90 Å². The van der Waals surface area contributed by atoms with Gasteiger partial charge in [0.25, 0.3) is 0 Å². The van der Waals surface area contributed by atoms with E-state index in [1.54, 1.807) is 11.4 Å². The van der Waals surface area contributed by atoms with Crippen molar-refractivity contribution < 1.29 is 17.9 Å². The van der Waals surface area contributed by atoms with Gasteiger partial charge in [0, 0.05) is 50.9 Å². The van der Waals surface area contributed by atoms with Crippen LogP contribution in [-0.2, 0) is 14.8 Å². The molecule has 2 heterocycles. The number of piperidine rings is 1. The van der Waals surface area contributed by atoms with Crippen LogP contribution >= 0.6 is 0 Å². The van der Waals surface area contributed by atoms with E-state index in [4.69, 9.17) is 4.74 Å². The predicted molar refractivity (Wildman–Crippen MR) is 115 cm³/mol. The highest BCUT2D eigenvalue weighted by molar-refractivity contribution is 7.89. The quantitative estimate of drug-likeness (QED) is 0.672. The summed E-state index contributed by atoms with van der Waals surface area (Å²) in [6.07, 6.45) is 2.82. The third-order valence-electron chi connectivity index (χ3n) is 5.98. The number of rotatable bonds is 7. The summed E-state index contributed by atoms with van der Waals surface area (Å²) in [5.41, 5.74) is 1.14. The van der Waals surface area contributed by atoms with Gasteiger partial charge >= 0.3 is 0 Å². The van der Waals surface area contributed by atoms with Crippen molar-refractivity contribution in [2.75, 3.05) is 57.0 Å². The van der Waals surface area contributed by atoms with Crippen LogP contribution in [0.1, 0.15) is 32.6 Å². The van der Waals surface area contributed by atoms with E-state index in [0.717, 1.165) is 30.9 Å². The average Bonchev–Trinajstić information content (AvgIpc) is 2.77. The minimum Gasteiger partial charge on any atom is -0.497 e. The predicted octanol–water partition coefficient (Wildman–Crippen LogP) is 2.19. The normalized spacial score (nSPS) is 19.4. The van der Waals surface area contributed by atoms with Crippen molar-refractivity contribution in [2.24, 2.45) is 5.92 Å². The van der Waals surface area contributed by atoms with Crippen LogP contribution in [0.4, 0.5) is 5.69 Å². The lowest BCUT2D eigenvalue weighted by Crippen LogP contribution is -2.52. The minimum atomic E-state index is -3.17. The first-order valence-electron chi connectivity index (χ1n) is 10.6. The van der Waals surface area contributed by atoms with Gasteiger partial charge in [-0.25, -0.2) is 12.7 Å². The van der Waals surface area contributed by atoms with Crippen LogP contribution < -0.4 is 9.64 Å². The molecular weight excluding hydrogens is 390 g/mol. The van der Waals surface area contributed by atoms with Crippen LogP contribution in [0.5, 0.6) is 5.75 Å². The monoisotopic (exact) mass is 423 g/mol. The highest BCUT2D eigenvalue weighted by Gasteiger charge is 2.33. The maximum atomic E-state index is 12.9. The maximum absolute atomic E-state index is 12.9. The van der Waals surface area contributed by atoms with E-state index >= 15 is 0 Å². The van der Waals surface area contributed by atoms with E-state index in [9.17, 15) is 13.2 Å². The van der Waals surface area contributed by atoms with Gasteiger partial charge in [0.2, 0.25) is 15.9 Å². The Bertz CT molecular complexity index is 766. The maximum Gasteiger partial charge on any atom is 0.225 e. The summed E-state index contributed by atoms with van der Waals surface area (Å²) >= 11 is 0. The number of methoxy groups -OCH3 is 1. The fourth-order valence-corrected chi connectivity index (χ4v) is 5.75. The van der Waals surface area contributed by atoms with Gasteiger partial charge in [0.15, 0.2) is 0 Å². The van der Waals surface area contributed by atoms with Crippen molar-refractivity contribution in [1.82, 2.24) is 9.21 Å². The minimum absolute atomic E-state index is 0.0554. The molecule has 0 saturated carbocycles. The summed E-state index contributed by atoms with van der Waals surface area (Å²) in [6, 6.07) is 8.00. The fourth-order valence-electron chi connectivity index (χ4n) is 4.07. The van der Waals surface area contributed by atoms with Crippen molar-refractivity contribution in [3.05, 3.63) is 24.3 Å². The van der Waals surface area contributed by atoms with E-state index < -0.39 is 10.0 Å². The molecule has 1 amide bonds. The summed E-state index contributed by atoms with van der Waals surface area (Å²) in [5.74, 6) is 1.19. The van der Waals surface area contributed by atoms with Gasteiger partial charge < -0.3 is 14.5 Å². The van der Waals surface area contributed by atoms with Crippen molar-refractivity contribution in [1.29, 1.82) is 0 Å². The summed E-state index contributed by atoms with van der Waals surface area (Å²) in [7, 11) is -1.51. The van der Waals surface area contributed by atoms with Crippen LogP contribution in [0, 0.1) is 5.92 Å². The highest BCUT2D eigenvalue weighted by atomic mass is 32.2. The third kappa shape index (κ3) is 5.42. The zero-order chi connectivity index (χ0) is 20.9. The molecule has 0 bridgehead atoms. The molecule has 1 aromatic carbocycles. The highest BCUT2D eigenvalue weighted by Crippen LogP contribution is 2.25. The standard InChI is InChI=1S/C21H33N3O4S/c1-3-4-17-29(26,27)24-11-9-18(10-12-24)21(25)23-15-13-22(14-16-23)19-5-7-20(28-2)8-6-19/h5-8,18H,3-4,9-17H2,1-2H3. The number of ether oxygens (including phenoxy) is 1. The first-order valence-corrected chi connectivity index (χ1v) is 12.2. The molecule has 3 rings (SSSR count). The van der Waals surface area contributed by atoms with Crippen molar-refractivity contribution >= 4 is 21.6 Å². The number of carbonyl (C=O) groups is 1. The molecule has 0 aromatic heterocycles. The number of unbranched alkanes of at least 4 members (excludes halogenated alkanes) is 1. The number of amides is 1. The summed E-state index contributed by atoms with van der Waals surface area (Å²) < 4.78 is 31.5. The topological polar surface area (TPSA) is 70.2 Å².